The summed E-state index contributed by atoms with van der Waals surface area (Å²) in [4.78, 5) is 22.6. The smallest absolute Gasteiger partial charge is 0.271 e. The van der Waals surface area contributed by atoms with Crippen molar-refractivity contribution in [2.45, 2.75) is 0 Å². The van der Waals surface area contributed by atoms with Crippen molar-refractivity contribution in [1.29, 1.82) is 5.26 Å². The highest BCUT2D eigenvalue weighted by atomic mass is 35.5. The minimum Gasteiger partial charge on any atom is -0.457 e. The first kappa shape index (κ1) is 21.4. The molecule has 3 aromatic rings. The third-order valence-corrected chi connectivity index (χ3v) is 5.04. The molecule has 0 saturated carbocycles. The van der Waals surface area contributed by atoms with Gasteiger partial charge in [-0.2, -0.15) is 5.26 Å². The number of rotatable bonds is 5. The van der Waals surface area contributed by atoms with Gasteiger partial charge in [0, 0.05) is 23.8 Å². The molecule has 1 amide bonds. The molecule has 2 aromatic carbocycles. The Kier molecular flexibility index (Phi) is 6.43. The molecule has 0 saturated heterocycles. The van der Waals surface area contributed by atoms with Gasteiger partial charge in [-0.1, -0.05) is 40.9 Å². The first-order valence-corrected chi connectivity index (χ1v) is 9.35. The number of amides is 1. The second kappa shape index (κ2) is 9.01. The maximum atomic E-state index is 12.4. The van der Waals surface area contributed by atoms with E-state index in [0.717, 1.165) is 6.07 Å². The quantitative estimate of drug-likeness (QED) is 0.205. The van der Waals surface area contributed by atoms with E-state index in [1.54, 1.807) is 36.4 Å². The van der Waals surface area contributed by atoms with Gasteiger partial charge in [-0.3, -0.25) is 14.9 Å². The molecule has 0 bridgehead atoms. The van der Waals surface area contributed by atoms with Crippen molar-refractivity contribution in [3.05, 3.63) is 85.0 Å². The van der Waals surface area contributed by atoms with Crippen LogP contribution < -0.4 is 5.32 Å². The molecule has 1 aromatic heterocycles. The van der Waals surface area contributed by atoms with Crippen LogP contribution in [0, 0.1) is 21.4 Å². The molecule has 0 unspecified atom stereocenters. The summed E-state index contributed by atoms with van der Waals surface area (Å²) in [7, 11) is 0. The summed E-state index contributed by atoms with van der Waals surface area (Å²) in [6, 6.07) is 13.6. The van der Waals surface area contributed by atoms with Crippen LogP contribution in [0.1, 0.15) is 5.76 Å². The molecule has 7 nitrogen and oxygen atoms in total. The van der Waals surface area contributed by atoms with Crippen LogP contribution in [0.4, 0.5) is 11.4 Å². The van der Waals surface area contributed by atoms with E-state index in [9.17, 15) is 20.2 Å². The van der Waals surface area contributed by atoms with Gasteiger partial charge >= 0.3 is 0 Å². The number of benzene rings is 2. The van der Waals surface area contributed by atoms with E-state index < -0.39 is 10.8 Å². The van der Waals surface area contributed by atoms with Crippen molar-refractivity contribution in [3.8, 4) is 17.4 Å². The van der Waals surface area contributed by atoms with Crippen LogP contribution in [0.15, 0.2) is 58.5 Å². The molecule has 10 heteroatoms. The number of nitro groups is 1. The van der Waals surface area contributed by atoms with E-state index in [-0.39, 0.29) is 27.7 Å². The fraction of sp³-hybridized carbons (Fsp3) is 0. The predicted molar refractivity (Wildman–Crippen MR) is 114 cm³/mol. The zero-order chi connectivity index (χ0) is 21.8. The summed E-state index contributed by atoms with van der Waals surface area (Å²) >= 11 is 18.1. The van der Waals surface area contributed by atoms with Crippen molar-refractivity contribution in [3.63, 3.8) is 0 Å². The van der Waals surface area contributed by atoms with Crippen LogP contribution in [0.25, 0.3) is 17.4 Å². The monoisotopic (exact) mass is 461 g/mol. The summed E-state index contributed by atoms with van der Waals surface area (Å²) in [6.07, 6.45) is 1.25. The third kappa shape index (κ3) is 4.63. The Morgan fingerprint density at radius 1 is 1.13 bits per heavy atom. The zero-order valence-corrected chi connectivity index (χ0v) is 17.1. The highest BCUT2D eigenvalue weighted by molar-refractivity contribution is 6.43. The SMILES string of the molecule is N#C/C(=C\c1ccc(-c2cccc(Cl)c2Cl)o1)C(=O)Nc1ccc([N+](=O)[O-])cc1Cl. The number of nitrogens with zero attached hydrogens (tertiary/aromatic N) is 2. The highest BCUT2D eigenvalue weighted by Crippen LogP contribution is 2.34. The molecule has 0 aliphatic rings. The van der Waals surface area contributed by atoms with E-state index in [4.69, 9.17) is 39.2 Å². The number of non-ortho nitro benzene ring substituents is 1. The van der Waals surface area contributed by atoms with E-state index in [1.807, 2.05) is 0 Å². The van der Waals surface area contributed by atoms with E-state index in [0.29, 0.717) is 21.4 Å². The van der Waals surface area contributed by atoms with E-state index in [2.05, 4.69) is 5.32 Å². The van der Waals surface area contributed by atoms with Crippen LogP contribution in [0.3, 0.4) is 0 Å². The molecule has 3 rings (SSSR count). The number of anilines is 1. The Labute approximate surface area is 185 Å². The summed E-state index contributed by atoms with van der Waals surface area (Å²) in [6.45, 7) is 0. The number of nitrogens with one attached hydrogen (secondary N) is 1. The van der Waals surface area contributed by atoms with Gasteiger partial charge in [0.15, 0.2) is 0 Å². The summed E-state index contributed by atoms with van der Waals surface area (Å²) in [5.74, 6) is -0.112. The first-order valence-electron chi connectivity index (χ1n) is 8.21. The van der Waals surface area contributed by atoms with Crippen molar-refractivity contribution in [2.24, 2.45) is 0 Å². The fourth-order valence-corrected chi connectivity index (χ4v) is 3.08. The van der Waals surface area contributed by atoms with Crippen LogP contribution in [0.5, 0.6) is 0 Å². The number of furan rings is 1. The standard InChI is InChI=1S/C20H10Cl3N3O4/c21-15-3-1-2-14(19(15)23)18-7-5-13(30-18)8-11(10-24)20(27)25-17-6-4-12(26(28)29)9-16(17)22/h1-9H,(H,25,27)/b11-8+. The fourth-order valence-electron chi connectivity index (χ4n) is 2.47. The van der Waals surface area contributed by atoms with E-state index >= 15 is 0 Å². The van der Waals surface area contributed by atoms with Gasteiger partial charge in [0.1, 0.15) is 23.2 Å². The second-order valence-corrected chi connectivity index (χ2v) is 7.04. The van der Waals surface area contributed by atoms with Crippen LogP contribution in [-0.2, 0) is 4.79 Å². The average molecular weight is 463 g/mol. The van der Waals surface area contributed by atoms with Crippen molar-refractivity contribution in [1.82, 2.24) is 0 Å². The Morgan fingerprint density at radius 2 is 1.90 bits per heavy atom. The number of carbonyl (C=O) groups is 1. The third-order valence-electron chi connectivity index (χ3n) is 3.91. The molecule has 0 spiro atoms. The molecule has 0 aliphatic heterocycles. The lowest BCUT2D eigenvalue weighted by atomic mass is 10.2. The maximum absolute atomic E-state index is 12.4. The van der Waals surface area contributed by atoms with Gasteiger partial charge in [0.05, 0.1) is 25.7 Å². The minimum atomic E-state index is -0.757. The summed E-state index contributed by atoms with van der Waals surface area (Å²) < 4.78 is 5.65. The highest BCUT2D eigenvalue weighted by Gasteiger charge is 2.16. The minimum absolute atomic E-state index is 0.0364. The predicted octanol–water partition coefficient (Wildman–Crippen LogP) is 6.36. The number of hydrogen-bond donors (Lipinski definition) is 1. The normalized spacial score (nSPS) is 11.1. The molecule has 1 heterocycles. The molecule has 0 fully saturated rings. The second-order valence-electron chi connectivity index (χ2n) is 5.85. The molecular weight excluding hydrogens is 453 g/mol. The first-order chi connectivity index (χ1) is 14.3. The topological polar surface area (TPSA) is 109 Å². The lowest BCUT2D eigenvalue weighted by molar-refractivity contribution is -0.384. The van der Waals surface area contributed by atoms with Gasteiger partial charge in [-0.15, -0.1) is 0 Å². The molecule has 0 aliphatic carbocycles. The Morgan fingerprint density at radius 3 is 2.57 bits per heavy atom. The summed E-state index contributed by atoms with van der Waals surface area (Å²) in [5.41, 5.74) is 0.197. The van der Waals surface area contributed by atoms with Crippen molar-refractivity contribution < 1.29 is 14.1 Å². The molecular formula is C20H10Cl3N3O4. The number of carbonyl (C=O) groups excluding carboxylic acids is 1. The Balaban J connectivity index is 1.83. The number of nitro benzene ring substituents is 1. The van der Waals surface area contributed by atoms with Gasteiger partial charge < -0.3 is 9.73 Å². The van der Waals surface area contributed by atoms with Gasteiger partial charge in [-0.25, -0.2) is 0 Å². The Bertz CT molecular complexity index is 1230. The molecule has 150 valence electrons. The van der Waals surface area contributed by atoms with Crippen molar-refractivity contribution >= 4 is 58.2 Å². The largest absolute Gasteiger partial charge is 0.457 e. The molecule has 0 atom stereocenters. The van der Waals surface area contributed by atoms with Gasteiger partial charge in [-0.05, 0) is 30.3 Å². The van der Waals surface area contributed by atoms with Crippen LogP contribution >= 0.6 is 34.8 Å². The van der Waals surface area contributed by atoms with Crippen LogP contribution in [0.2, 0.25) is 15.1 Å². The number of halogens is 3. The summed E-state index contributed by atoms with van der Waals surface area (Å²) in [5, 5.41) is 23.2. The molecule has 0 radical (unpaired) electrons. The van der Waals surface area contributed by atoms with E-state index in [1.165, 1.54) is 18.2 Å². The van der Waals surface area contributed by atoms with Gasteiger partial charge in [0.25, 0.3) is 11.6 Å². The number of nitriles is 1. The molecule has 1 N–H and O–H groups in total. The van der Waals surface area contributed by atoms with Crippen LogP contribution in [-0.4, -0.2) is 10.8 Å². The maximum Gasteiger partial charge on any atom is 0.271 e. The average Bonchev–Trinajstić information content (AvgIpc) is 3.17. The lowest BCUT2D eigenvalue weighted by Crippen LogP contribution is -2.13. The number of hydrogen-bond acceptors (Lipinski definition) is 5. The van der Waals surface area contributed by atoms with Gasteiger partial charge in [0.2, 0.25) is 0 Å². The Hall–Kier alpha value is -3.31. The molecule has 30 heavy (non-hydrogen) atoms. The lowest BCUT2D eigenvalue weighted by Gasteiger charge is -2.06. The van der Waals surface area contributed by atoms with Crippen molar-refractivity contribution in [2.75, 3.05) is 5.32 Å². The zero-order valence-electron chi connectivity index (χ0n) is 14.9.